The van der Waals surface area contributed by atoms with Gasteiger partial charge in [-0.05, 0) is 36.4 Å². The fraction of sp³-hybridized carbons (Fsp3) is 0.600. The molecule has 102 valence electrons. The molecule has 0 aliphatic heterocycles. The van der Waals surface area contributed by atoms with Crippen LogP contribution in [0, 0.1) is 11.8 Å². The van der Waals surface area contributed by atoms with E-state index >= 15 is 0 Å². The van der Waals surface area contributed by atoms with Gasteiger partial charge in [-0.2, -0.15) is 0 Å². The van der Waals surface area contributed by atoms with Crippen molar-refractivity contribution in [3.05, 3.63) is 34.9 Å². The van der Waals surface area contributed by atoms with Crippen molar-refractivity contribution in [3.63, 3.8) is 0 Å². The van der Waals surface area contributed by atoms with Crippen LogP contribution < -0.4 is 5.32 Å². The van der Waals surface area contributed by atoms with Crippen molar-refractivity contribution < 1.29 is 4.74 Å². The molecule has 0 spiro atoms. The molecule has 0 saturated heterocycles. The van der Waals surface area contributed by atoms with E-state index in [1.165, 1.54) is 5.56 Å². The summed E-state index contributed by atoms with van der Waals surface area (Å²) in [4.78, 5) is 0. The van der Waals surface area contributed by atoms with Crippen LogP contribution in [0.1, 0.15) is 19.4 Å². The zero-order valence-corrected chi connectivity index (χ0v) is 12.3. The van der Waals surface area contributed by atoms with Crippen LogP contribution in [0.2, 0.25) is 5.02 Å². The Balaban J connectivity index is 2.49. The van der Waals surface area contributed by atoms with Crippen molar-refractivity contribution >= 4 is 11.6 Å². The van der Waals surface area contributed by atoms with Gasteiger partial charge < -0.3 is 10.1 Å². The van der Waals surface area contributed by atoms with Gasteiger partial charge in [-0.25, -0.2) is 0 Å². The first-order valence-electron chi connectivity index (χ1n) is 6.56. The Kier molecular flexibility index (Phi) is 7.33. The summed E-state index contributed by atoms with van der Waals surface area (Å²) in [6.45, 7) is 7.20. The molecule has 0 heterocycles. The molecule has 0 radical (unpaired) electrons. The van der Waals surface area contributed by atoms with Crippen molar-refractivity contribution in [1.82, 2.24) is 5.32 Å². The monoisotopic (exact) mass is 269 g/mol. The summed E-state index contributed by atoms with van der Waals surface area (Å²) in [6, 6.07) is 8.04. The Bertz CT molecular complexity index is 341. The Hall–Kier alpha value is -0.570. The summed E-state index contributed by atoms with van der Waals surface area (Å²) in [5, 5.41) is 4.34. The average molecular weight is 270 g/mol. The molecule has 18 heavy (non-hydrogen) atoms. The van der Waals surface area contributed by atoms with Gasteiger partial charge in [0.1, 0.15) is 0 Å². The third-order valence-corrected chi connectivity index (χ3v) is 3.22. The minimum Gasteiger partial charge on any atom is -0.384 e. The zero-order valence-electron chi connectivity index (χ0n) is 11.6. The van der Waals surface area contributed by atoms with E-state index in [4.69, 9.17) is 16.3 Å². The van der Waals surface area contributed by atoms with Crippen molar-refractivity contribution in [2.24, 2.45) is 11.8 Å². The predicted octanol–water partition coefficient (Wildman–Crippen LogP) is 3.39. The first-order chi connectivity index (χ1) is 8.63. The minimum atomic E-state index is 0.466. The summed E-state index contributed by atoms with van der Waals surface area (Å²) in [6.07, 6.45) is 0.957. The fourth-order valence-electron chi connectivity index (χ4n) is 1.98. The summed E-state index contributed by atoms with van der Waals surface area (Å²) in [7, 11) is 1.75. The van der Waals surface area contributed by atoms with Gasteiger partial charge in [-0.3, -0.25) is 0 Å². The smallest absolute Gasteiger partial charge is 0.0505 e. The van der Waals surface area contributed by atoms with Gasteiger partial charge in [0.05, 0.1) is 6.61 Å². The zero-order chi connectivity index (χ0) is 13.4. The number of methoxy groups -OCH3 is 1. The van der Waals surface area contributed by atoms with Crippen LogP contribution in [-0.4, -0.2) is 26.8 Å². The number of ether oxygens (including phenoxy) is 1. The number of halogens is 1. The van der Waals surface area contributed by atoms with Gasteiger partial charge in [-0.15, -0.1) is 0 Å². The second-order valence-electron chi connectivity index (χ2n) is 5.17. The van der Waals surface area contributed by atoms with Gasteiger partial charge in [0.25, 0.3) is 0 Å². The topological polar surface area (TPSA) is 21.3 Å². The number of hydrogen-bond acceptors (Lipinski definition) is 2. The number of benzene rings is 1. The van der Waals surface area contributed by atoms with Gasteiger partial charge >= 0.3 is 0 Å². The maximum Gasteiger partial charge on any atom is 0.0505 e. The molecular weight excluding hydrogens is 246 g/mol. The van der Waals surface area contributed by atoms with E-state index in [1.54, 1.807) is 7.11 Å². The predicted molar refractivity (Wildman–Crippen MR) is 78.2 cm³/mol. The summed E-state index contributed by atoms with van der Waals surface area (Å²) < 4.78 is 5.29. The third-order valence-electron chi connectivity index (χ3n) is 2.85. The van der Waals surface area contributed by atoms with Gasteiger partial charge in [0.15, 0.2) is 0 Å². The van der Waals surface area contributed by atoms with E-state index in [0.29, 0.717) is 11.8 Å². The maximum absolute atomic E-state index is 6.19. The number of hydrogen-bond donors (Lipinski definition) is 1. The first kappa shape index (κ1) is 15.5. The summed E-state index contributed by atoms with van der Waals surface area (Å²) >= 11 is 6.19. The highest BCUT2D eigenvalue weighted by atomic mass is 35.5. The third kappa shape index (κ3) is 5.85. The second kappa shape index (κ2) is 8.52. The molecule has 0 saturated carbocycles. The lowest BCUT2D eigenvalue weighted by Crippen LogP contribution is -2.30. The molecule has 0 aliphatic carbocycles. The van der Waals surface area contributed by atoms with E-state index < -0.39 is 0 Å². The van der Waals surface area contributed by atoms with Crippen molar-refractivity contribution in [1.29, 1.82) is 0 Å². The quantitative estimate of drug-likeness (QED) is 0.781. The van der Waals surface area contributed by atoms with E-state index in [2.05, 4.69) is 25.2 Å². The van der Waals surface area contributed by atoms with Crippen molar-refractivity contribution in [2.45, 2.75) is 20.3 Å². The maximum atomic E-state index is 6.19. The Morgan fingerprint density at radius 3 is 2.56 bits per heavy atom. The molecule has 0 aliphatic rings. The first-order valence-corrected chi connectivity index (χ1v) is 6.94. The van der Waals surface area contributed by atoms with Crippen molar-refractivity contribution in [3.8, 4) is 0 Å². The lowest BCUT2D eigenvalue weighted by molar-refractivity contribution is 0.150. The normalized spacial score (nSPS) is 12.9. The minimum absolute atomic E-state index is 0.466. The van der Waals surface area contributed by atoms with Gasteiger partial charge in [-0.1, -0.05) is 43.6 Å². The molecule has 1 aromatic carbocycles. The van der Waals surface area contributed by atoms with Gasteiger partial charge in [0.2, 0.25) is 0 Å². The van der Waals surface area contributed by atoms with Crippen LogP contribution in [0.3, 0.4) is 0 Å². The largest absolute Gasteiger partial charge is 0.384 e. The van der Waals surface area contributed by atoms with Crippen LogP contribution in [0.25, 0.3) is 0 Å². The molecule has 3 heteroatoms. The highest BCUT2D eigenvalue weighted by Gasteiger charge is 2.11. The molecule has 1 N–H and O–H groups in total. The second-order valence-corrected chi connectivity index (χ2v) is 5.58. The van der Waals surface area contributed by atoms with E-state index in [-0.39, 0.29) is 0 Å². The lowest BCUT2D eigenvalue weighted by atomic mass is 9.99. The van der Waals surface area contributed by atoms with Crippen molar-refractivity contribution in [2.75, 3.05) is 26.8 Å². The van der Waals surface area contributed by atoms with E-state index in [9.17, 15) is 0 Å². The molecule has 1 unspecified atom stereocenters. The van der Waals surface area contributed by atoms with Crippen LogP contribution in [-0.2, 0) is 11.2 Å². The Morgan fingerprint density at radius 1 is 1.22 bits per heavy atom. The molecule has 2 nitrogen and oxygen atoms in total. The SMILES string of the molecule is COCC(CNCC(C)C)Cc1ccccc1Cl. The molecule has 1 aromatic rings. The Labute approximate surface area is 116 Å². The summed E-state index contributed by atoms with van der Waals surface area (Å²) in [5.74, 6) is 1.14. The highest BCUT2D eigenvalue weighted by Crippen LogP contribution is 2.18. The Morgan fingerprint density at radius 2 is 1.94 bits per heavy atom. The van der Waals surface area contributed by atoms with Gasteiger partial charge in [0, 0.05) is 18.7 Å². The standard InChI is InChI=1S/C15H24ClNO/c1-12(2)9-17-10-13(11-18-3)8-14-6-4-5-7-15(14)16/h4-7,12-13,17H,8-11H2,1-3H3. The van der Waals surface area contributed by atoms with E-state index in [1.807, 2.05) is 18.2 Å². The number of rotatable bonds is 8. The molecule has 0 amide bonds. The lowest BCUT2D eigenvalue weighted by Gasteiger charge is -2.18. The molecule has 0 bridgehead atoms. The molecule has 0 aromatic heterocycles. The van der Waals surface area contributed by atoms with Crippen LogP contribution in [0.15, 0.2) is 24.3 Å². The average Bonchev–Trinajstić information content (AvgIpc) is 2.32. The molecule has 1 atom stereocenters. The van der Waals surface area contributed by atoms with E-state index in [0.717, 1.165) is 31.1 Å². The molecule has 1 rings (SSSR count). The fourth-order valence-corrected chi connectivity index (χ4v) is 2.19. The van der Waals surface area contributed by atoms with Crippen LogP contribution in [0.4, 0.5) is 0 Å². The number of nitrogens with one attached hydrogen (secondary N) is 1. The van der Waals surface area contributed by atoms with Crippen LogP contribution >= 0.6 is 11.6 Å². The molecular formula is C15H24ClNO. The highest BCUT2D eigenvalue weighted by molar-refractivity contribution is 6.31. The summed E-state index contributed by atoms with van der Waals surface area (Å²) in [5.41, 5.74) is 1.20. The molecule has 0 fully saturated rings. The van der Waals surface area contributed by atoms with Crippen LogP contribution in [0.5, 0.6) is 0 Å².